The molecule has 0 unspecified atom stereocenters. The molecule has 10 rings (SSSR count). The van der Waals surface area contributed by atoms with E-state index in [1.165, 1.54) is 66.8 Å². The van der Waals surface area contributed by atoms with Crippen LogP contribution in [0.3, 0.4) is 0 Å². The standard InChI is InChI=1S/C68H72N4O/c1-64(2,3)51-38-47(46-26-17-14-18-27-46)39-53(40-51)71-45-70(62(65(4,5)6)63(71)66(7,8)9)52-32-25-33-54(42-52)73-55-43-57(68(12,13)49-30-21-16-22-31-49)61-56-34-23-24-35-58(56)72(59(61)44-55)60-41-50(36-37-69-60)67(10,11)48-28-19-15-20-29-48/h14-44H,45H2,1-13H3. The maximum Gasteiger partial charge on any atom is 0.137 e. The van der Waals surface area contributed by atoms with Crippen molar-refractivity contribution in [2.75, 3.05) is 16.5 Å². The minimum Gasteiger partial charge on any atom is -0.457 e. The number of nitrogens with zero attached hydrogens (tertiary/aromatic N) is 4. The van der Waals surface area contributed by atoms with E-state index >= 15 is 0 Å². The summed E-state index contributed by atoms with van der Waals surface area (Å²) in [5.74, 6) is 2.41. The molecule has 9 aromatic rings. The Morgan fingerprint density at radius 1 is 0.411 bits per heavy atom. The van der Waals surface area contributed by atoms with Crippen LogP contribution in [0.2, 0.25) is 0 Å². The summed E-state index contributed by atoms with van der Waals surface area (Å²) in [5.41, 5.74) is 14.7. The number of para-hydroxylation sites is 1. The number of hydrogen-bond donors (Lipinski definition) is 0. The van der Waals surface area contributed by atoms with E-state index in [0.29, 0.717) is 6.67 Å². The molecule has 0 saturated carbocycles. The van der Waals surface area contributed by atoms with Crippen molar-refractivity contribution in [2.24, 2.45) is 10.8 Å². The van der Waals surface area contributed by atoms with Crippen LogP contribution in [-0.4, -0.2) is 16.2 Å². The van der Waals surface area contributed by atoms with Crippen LogP contribution in [0.1, 0.15) is 118 Å². The molecule has 73 heavy (non-hydrogen) atoms. The first-order valence-corrected chi connectivity index (χ1v) is 26.1. The van der Waals surface area contributed by atoms with Gasteiger partial charge in [0.2, 0.25) is 0 Å². The number of hydrogen-bond acceptors (Lipinski definition) is 4. The Hall–Kier alpha value is -7.37. The fourth-order valence-corrected chi connectivity index (χ4v) is 11.2. The van der Waals surface area contributed by atoms with Gasteiger partial charge in [-0.1, -0.05) is 211 Å². The Bertz CT molecular complexity index is 3510. The number of ether oxygens (including phenoxy) is 1. The number of benzene rings is 7. The molecule has 1 aliphatic heterocycles. The van der Waals surface area contributed by atoms with Crippen molar-refractivity contribution in [3.8, 4) is 28.4 Å². The average Bonchev–Trinajstić information content (AvgIpc) is 3.95. The fraction of sp³-hybridized carbons (Fsp3) is 0.279. The monoisotopic (exact) mass is 961 g/mol. The lowest BCUT2D eigenvalue weighted by Gasteiger charge is -2.34. The summed E-state index contributed by atoms with van der Waals surface area (Å²) in [6, 6.07) is 66.0. The summed E-state index contributed by atoms with van der Waals surface area (Å²) in [5, 5.41) is 2.37. The highest BCUT2D eigenvalue weighted by molar-refractivity contribution is 6.12. The van der Waals surface area contributed by atoms with Crippen LogP contribution in [0.25, 0.3) is 38.8 Å². The van der Waals surface area contributed by atoms with Gasteiger partial charge < -0.3 is 14.5 Å². The normalized spacial score (nSPS) is 13.9. The van der Waals surface area contributed by atoms with E-state index in [-0.39, 0.29) is 27.1 Å². The van der Waals surface area contributed by atoms with Gasteiger partial charge in [-0.15, -0.1) is 0 Å². The van der Waals surface area contributed by atoms with Gasteiger partial charge in [0.1, 0.15) is 17.3 Å². The van der Waals surface area contributed by atoms with Crippen LogP contribution in [0.15, 0.2) is 200 Å². The predicted octanol–water partition coefficient (Wildman–Crippen LogP) is 18.2. The van der Waals surface area contributed by atoms with Crippen molar-refractivity contribution in [2.45, 2.75) is 106 Å². The highest BCUT2D eigenvalue weighted by atomic mass is 16.5. The van der Waals surface area contributed by atoms with Crippen LogP contribution in [0.4, 0.5) is 11.4 Å². The van der Waals surface area contributed by atoms with Crippen molar-refractivity contribution in [3.63, 3.8) is 0 Å². The van der Waals surface area contributed by atoms with Gasteiger partial charge in [0.25, 0.3) is 0 Å². The lowest BCUT2D eigenvalue weighted by Crippen LogP contribution is -2.31. The number of aromatic nitrogens is 2. The Kier molecular flexibility index (Phi) is 12.3. The third kappa shape index (κ3) is 9.24. The number of rotatable bonds is 10. The largest absolute Gasteiger partial charge is 0.457 e. The van der Waals surface area contributed by atoms with E-state index in [2.05, 4.69) is 286 Å². The van der Waals surface area contributed by atoms with Crippen LogP contribution >= 0.6 is 0 Å². The minimum atomic E-state index is -0.389. The second-order valence-corrected chi connectivity index (χ2v) is 24.3. The van der Waals surface area contributed by atoms with E-state index < -0.39 is 0 Å². The zero-order valence-electron chi connectivity index (χ0n) is 45.3. The Morgan fingerprint density at radius 2 is 1.00 bits per heavy atom. The summed E-state index contributed by atoms with van der Waals surface area (Å²) < 4.78 is 9.58. The molecule has 3 heterocycles. The number of pyridine rings is 1. The summed E-state index contributed by atoms with van der Waals surface area (Å²) >= 11 is 0. The van der Waals surface area contributed by atoms with Crippen LogP contribution in [0.5, 0.6) is 11.5 Å². The van der Waals surface area contributed by atoms with Gasteiger partial charge in [0, 0.05) is 73.5 Å². The maximum absolute atomic E-state index is 7.24. The Labute approximate surface area is 434 Å². The van der Waals surface area contributed by atoms with E-state index in [0.717, 1.165) is 34.0 Å². The van der Waals surface area contributed by atoms with Crippen molar-refractivity contribution in [3.05, 3.63) is 227 Å². The van der Waals surface area contributed by atoms with E-state index in [9.17, 15) is 0 Å². The second-order valence-electron chi connectivity index (χ2n) is 24.3. The molecule has 370 valence electrons. The van der Waals surface area contributed by atoms with Crippen molar-refractivity contribution < 1.29 is 4.74 Å². The van der Waals surface area contributed by atoms with E-state index in [4.69, 9.17) is 9.72 Å². The quantitative estimate of drug-likeness (QED) is 0.137. The number of fused-ring (bicyclic) bond motifs is 3. The van der Waals surface area contributed by atoms with Crippen LogP contribution in [-0.2, 0) is 16.2 Å². The molecule has 2 aromatic heterocycles. The number of allylic oxidation sites excluding steroid dienone is 2. The summed E-state index contributed by atoms with van der Waals surface area (Å²) in [6.07, 6.45) is 1.96. The molecule has 0 saturated heterocycles. The molecule has 5 nitrogen and oxygen atoms in total. The molecule has 0 amide bonds. The maximum atomic E-state index is 7.24. The Balaban J connectivity index is 1.12. The highest BCUT2D eigenvalue weighted by Gasteiger charge is 2.42. The van der Waals surface area contributed by atoms with Gasteiger partial charge in [-0.05, 0) is 92.9 Å². The highest BCUT2D eigenvalue weighted by Crippen LogP contribution is 2.50. The van der Waals surface area contributed by atoms with Gasteiger partial charge in [-0.3, -0.25) is 4.57 Å². The summed E-state index contributed by atoms with van der Waals surface area (Å²) in [4.78, 5) is 10.2. The molecule has 0 N–H and O–H groups in total. The van der Waals surface area contributed by atoms with Gasteiger partial charge in [0.15, 0.2) is 0 Å². The van der Waals surface area contributed by atoms with E-state index in [1.807, 2.05) is 6.20 Å². The SMILES string of the molecule is CC(C)(C)C1=C(C(C)(C)C)N(c2cc(-c3ccccc3)cc(C(C)(C)C)c2)CN1c1cccc(Oc2cc(C(C)(C)c3ccccc3)c3c4ccccc4n(-c4cc(C(C)(C)c5ccccc5)ccn4)c3c2)c1. The smallest absolute Gasteiger partial charge is 0.137 e. The molecular weight excluding hydrogens is 889 g/mol. The Morgan fingerprint density at radius 3 is 1.63 bits per heavy atom. The molecule has 0 atom stereocenters. The first-order valence-electron chi connectivity index (χ1n) is 26.1. The van der Waals surface area contributed by atoms with E-state index in [1.54, 1.807) is 0 Å². The summed E-state index contributed by atoms with van der Waals surface area (Å²) in [6.45, 7) is 31.0. The lowest BCUT2D eigenvalue weighted by molar-refractivity contribution is 0.444. The molecule has 5 heteroatoms. The third-order valence-corrected chi connectivity index (χ3v) is 15.1. The summed E-state index contributed by atoms with van der Waals surface area (Å²) in [7, 11) is 0. The van der Waals surface area contributed by atoms with Crippen molar-refractivity contribution in [1.82, 2.24) is 9.55 Å². The van der Waals surface area contributed by atoms with Crippen LogP contribution in [0, 0.1) is 10.8 Å². The zero-order valence-corrected chi connectivity index (χ0v) is 45.3. The molecule has 0 spiro atoms. The van der Waals surface area contributed by atoms with Gasteiger partial charge in [-0.2, -0.15) is 0 Å². The molecule has 0 fully saturated rings. The average molecular weight is 961 g/mol. The van der Waals surface area contributed by atoms with Gasteiger partial charge >= 0.3 is 0 Å². The molecule has 0 aliphatic carbocycles. The first-order chi connectivity index (χ1) is 34.6. The van der Waals surface area contributed by atoms with Crippen molar-refractivity contribution in [1.29, 1.82) is 0 Å². The second kappa shape index (κ2) is 18.3. The van der Waals surface area contributed by atoms with Gasteiger partial charge in [0.05, 0.1) is 17.7 Å². The van der Waals surface area contributed by atoms with Crippen molar-refractivity contribution >= 4 is 33.2 Å². The molecule has 1 aliphatic rings. The lowest BCUT2D eigenvalue weighted by atomic mass is 9.76. The topological polar surface area (TPSA) is 33.5 Å². The number of anilines is 2. The fourth-order valence-electron chi connectivity index (χ4n) is 11.2. The zero-order chi connectivity index (χ0) is 51.7. The molecule has 0 radical (unpaired) electrons. The predicted molar refractivity (Wildman–Crippen MR) is 309 cm³/mol. The molecular formula is C68H72N4O. The minimum absolute atomic E-state index is 0.0452. The van der Waals surface area contributed by atoms with Crippen LogP contribution < -0.4 is 14.5 Å². The molecule has 7 aromatic carbocycles. The molecule has 0 bridgehead atoms. The first kappa shape index (κ1) is 49.2. The third-order valence-electron chi connectivity index (χ3n) is 15.1. The van der Waals surface area contributed by atoms with Gasteiger partial charge in [-0.25, -0.2) is 4.98 Å².